The summed E-state index contributed by atoms with van der Waals surface area (Å²) in [4.78, 5) is 17.7. The Morgan fingerprint density at radius 2 is 1.62 bits per heavy atom. The summed E-state index contributed by atoms with van der Waals surface area (Å²) in [5.41, 5.74) is 2.50. The molecule has 0 saturated carbocycles. The maximum absolute atomic E-state index is 13.1. The van der Waals surface area contributed by atoms with E-state index >= 15 is 0 Å². The Hall–Kier alpha value is -5.19. The number of fused-ring (bicyclic) bond motifs is 1. The monoisotopic (exact) mass is 527 g/mol. The van der Waals surface area contributed by atoms with Gasteiger partial charge in [-0.3, -0.25) is 0 Å². The number of hydrogen-bond acceptors (Lipinski definition) is 10. The van der Waals surface area contributed by atoms with Crippen LogP contribution in [0.1, 0.15) is 16.1 Å². The quantitative estimate of drug-likeness (QED) is 0.274. The van der Waals surface area contributed by atoms with Gasteiger partial charge < -0.3 is 23.7 Å². The number of nitrogens with one attached hydrogen (secondary N) is 1. The number of tetrazole rings is 1. The number of esters is 1. The number of ether oxygens (including phenoxy) is 5. The molecule has 0 aliphatic carbocycles. The number of hydrogen-bond donors (Lipinski definition) is 1. The predicted octanol–water partition coefficient (Wildman–Crippen LogP) is 4.47. The molecule has 39 heavy (non-hydrogen) atoms. The van der Waals surface area contributed by atoms with Crippen molar-refractivity contribution in [1.82, 2.24) is 25.6 Å². The number of pyridine rings is 1. The van der Waals surface area contributed by atoms with E-state index < -0.39 is 5.97 Å². The lowest BCUT2D eigenvalue weighted by Crippen LogP contribution is -2.09. The van der Waals surface area contributed by atoms with E-state index in [9.17, 15) is 4.79 Å². The molecule has 2 aromatic heterocycles. The standard InChI is InChI=1S/C28H25N5O6/c1-35-21-12-17(13-22(36-2)26(21)37-3)23-19-11-10-18(39-15-16-8-6-5-7-9-16)14-20(19)24(27-30-32-33-31-27)29-25(23)28(34)38-4/h5-14H,15H2,1-4H3,(H,30,31,32,33). The molecule has 11 heteroatoms. The summed E-state index contributed by atoms with van der Waals surface area (Å²) < 4.78 is 27.8. The van der Waals surface area contributed by atoms with Gasteiger partial charge in [-0.05, 0) is 52.1 Å². The fourth-order valence-electron chi connectivity index (χ4n) is 4.32. The second-order valence-electron chi connectivity index (χ2n) is 8.31. The number of benzene rings is 3. The number of carbonyl (C=O) groups is 1. The lowest BCUT2D eigenvalue weighted by Gasteiger charge is -2.18. The van der Waals surface area contributed by atoms with Gasteiger partial charge >= 0.3 is 5.97 Å². The van der Waals surface area contributed by atoms with Crippen LogP contribution in [-0.4, -0.2) is 60.0 Å². The zero-order chi connectivity index (χ0) is 27.4. The van der Waals surface area contributed by atoms with Crippen molar-refractivity contribution >= 4 is 16.7 Å². The summed E-state index contributed by atoms with van der Waals surface area (Å²) in [5, 5.41) is 15.6. The molecule has 0 saturated heterocycles. The molecular formula is C28H25N5O6. The lowest BCUT2D eigenvalue weighted by molar-refractivity contribution is 0.0595. The molecule has 0 aliphatic rings. The van der Waals surface area contributed by atoms with Gasteiger partial charge in [-0.2, -0.15) is 5.21 Å². The third-order valence-electron chi connectivity index (χ3n) is 6.11. The third-order valence-corrected chi connectivity index (χ3v) is 6.11. The van der Waals surface area contributed by atoms with E-state index in [1.165, 1.54) is 28.4 Å². The molecule has 1 N–H and O–H groups in total. The summed E-state index contributed by atoms with van der Waals surface area (Å²) in [5.74, 6) is 1.42. The van der Waals surface area contributed by atoms with Crippen molar-refractivity contribution in [2.75, 3.05) is 28.4 Å². The molecule has 198 valence electrons. The van der Waals surface area contributed by atoms with E-state index in [-0.39, 0.29) is 11.5 Å². The molecule has 0 aliphatic heterocycles. The average molecular weight is 528 g/mol. The Balaban J connectivity index is 1.76. The molecule has 0 unspecified atom stereocenters. The number of rotatable bonds is 9. The van der Waals surface area contributed by atoms with Crippen LogP contribution in [0.25, 0.3) is 33.4 Å². The van der Waals surface area contributed by atoms with Crippen LogP contribution in [0.3, 0.4) is 0 Å². The third kappa shape index (κ3) is 4.89. The zero-order valence-electron chi connectivity index (χ0n) is 21.7. The van der Waals surface area contributed by atoms with E-state index in [1.807, 2.05) is 48.5 Å². The van der Waals surface area contributed by atoms with Crippen LogP contribution in [0.4, 0.5) is 0 Å². The molecule has 2 heterocycles. The number of carbonyl (C=O) groups excluding carboxylic acids is 1. The summed E-state index contributed by atoms with van der Waals surface area (Å²) >= 11 is 0. The maximum Gasteiger partial charge on any atom is 0.357 e. The average Bonchev–Trinajstić information content (AvgIpc) is 3.53. The van der Waals surface area contributed by atoms with Crippen LogP contribution in [0.15, 0.2) is 60.7 Å². The van der Waals surface area contributed by atoms with Crippen molar-refractivity contribution in [3.05, 3.63) is 71.9 Å². The summed E-state index contributed by atoms with van der Waals surface area (Å²) in [7, 11) is 5.86. The van der Waals surface area contributed by atoms with Gasteiger partial charge in [0.15, 0.2) is 17.2 Å². The second-order valence-corrected chi connectivity index (χ2v) is 8.31. The molecule has 0 amide bonds. The van der Waals surface area contributed by atoms with Crippen LogP contribution < -0.4 is 18.9 Å². The maximum atomic E-state index is 13.1. The largest absolute Gasteiger partial charge is 0.493 e. The van der Waals surface area contributed by atoms with Crippen LogP contribution in [0.2, 0.25) is 0 Å². The van der Waals surface area contributed by atoms with Gasteiger partial charge in [-0.15, -0.1) is 10.2 Å². The summed E-state index contributed by atoms with van der Waals surface area (Å²) in [6.45, 7) is 0.372. The molecule has 0 radical (unpaired) electrons. The van der Waals surface area contributed by atoms with Gasteiger partial charge in [0.25, 0.3) is 0 Å². The second kappa shape index (κ2) is 11.1. The Bertz CT molecular complexity index is 1600. The predicted molar refractivity (Wildman–Crippen MR) is 142 cm³/mol. The Labute approximate surface area is 223 Å². The first kappa shape index (κ1) is 25.5. The number of aromatic amines is 1. The molecule has 11 nitrogen and oxygen atoms in total. The first-order chi connectivity index (χ1) is 19.1. The van der Waals surface area contributed by atoms with E-state index in [0.717, 1.165) is 5.56 Å². The zero-order valence-corrected chi connectivity index (χ0v) is 21.7. The molecule has 5 aromatic rings. The normalized spacial score (nSPS) is 10.8. The Morgan fingerprint density at radius 1 is 0.872 bits per heavy atom. The molecule has 0 atom stereocenters. The van der Waals surface area contributed by atoms with Gasteiger partial charge in [0.1, 0.15) is 18.1 Å². The first-order valence-electron chi connectivity index (χ1n) is 11.8. The highest BCUT2D eigenvalue weighted by Crippen LogP contribution is 2.45. The van der Waals surface area contributed by atoms with E-state index in [1.54, 1.807) is 12.1 Å². The Morgan fingerprint density at radius 3 is 2.23 bits per heavy atom. The van der Waals surface area contributed by atoms with Crippen molar-refractivity contribution in [2.45, 2.75) is 6.61 Å². The van der Waals surface area contributed by atoms with Crippen molar-refractivity contribution in [1.29, 1.82) is 0 Å². The summed E-state index contributed by atoms with van der Waals surface area (Å²) in [6, 6.07) is 18.8. The smallest absolute Gasteiger partial charge is 0.357 e. The minimum Gasteiger partial charge on any atom is -0.493 e. The van der Waals surface area contributed by atoms with E-state index in [2.05, 4.69) is 25.6 Å². The minimum atomic E-state index is -0.644. The number of methoxy groups -OCH3 is 4. The Kier molecular flexibility index (Phi) is 7.21. The van der Waals surface area contributed by atoms with E-state index in [4.69, 9.17) is 23.7 Å². The highest BCUT2D eigenvalue weighted by Gasteiger charge is 2.26. The molecule has 5 rings (SSSR count). The molecular weight excluding hydrogens is 502 g/mol. The fraction of sp³-hybridized carbons (Fsp3) is 0.179. The van der Waals surface area contributed by atoms with Crippen molar-refractivity contribution in [3.63, 3.8) is 0 Å². The molecule has 0 spiro atoms. The van der Waals surface area contributed by atoms with Crippen molar-refractivity contribution < 1.29 is 28.5 Å². The van der Waals surface area contributed by atoms with Crippen LogP contribution in [0.5, 0.6) is 23.0 Å². The lowest BCUT2D eigenvalue weighted by atomic mass is 9.94. The van der Waals surface area contributed by atoms with Crippen LogP contribution in [-0.2, 0) is 11.3 Å². The van der Waals surface area contributed by atoms with Crippen LogP contribution >= 0.6 is 0 Å². The molecule has 0 fully saturated rings. The minimum absolute atomic E-state index is 0.0528. The number of aromatic nitrogens is 5. The highest BCUT2D eigenvalue weighted by molar-refractivity contribution is 6.10. The molecule has 0 bridgehead atoms. The van der Waals surface area contributed by atoms with E-state index in [0.29, 0.717) is 57.2 Å². The molecule has 3 aromatic carbocycles. The highest BCUT2D eigenvalue weighted by atomic mass is 16.5. The summed E-state index contributed by atoms with van der Waals surface area (Å²) in [6.07, 6.45) is 0. The SMILES string of the molecule is COC(=O)c1nc(-c2nn[nH]n2)c2cc(OCc3ccccc3)ccc2c1-c1cc(OC)c(OC)c(OC)c1. The van der Waals surface area contributed by atoms with Gasteiger partial charge in [0, 0.05) is 10.9 Å². The first-order valence-corrected chi connectivity index (χ1v) is 11.8. The topological polar surface area (TPSA) is 131 Å². The van der Waals surface area contributed by atoms with Crippen molar-refractivity contribution in [3.8, 4) is 45.6 Å². The van der Waals surface area contributed by atoms with Gasteiger partial charge in [-0.25, -0.2) is 9.78 Å². The number of nitrogens with zero attached hydrogens (tertiary/aromatic N) is 4. The van der Waals surface area contributed by atoms with Crippen LogP contribution in [0, 0.1) is 0 Å². The number of H-pyrrole nitrogens is 1. The van der Waals surface area contributed by atoms with Gasteiger partial charge in [0.05, 0.1) is 28.4 Å². The fourth-order valence-corrected chi connectivity index (χ4v) is 4.32. The van der Waals surface area contributed by atoms with Gasteiger partial charge in [-0.1, -0.05) is 30.3 Å². The van der Waals surface area contributed by atoms with Crippen molar-refractivity contribution in [2.24, 2.45) is 0 Å². The van der Waals surface area contributed by atoms with Gasteiger partial charge in [0.2, 0.25) is 11.6 Å².